The molecule has 1 aromatic carbocycles. The molecule has 148 valence electrons. The molecule has 3 heterocycles. The third-order valence-corrected chi connectivity index (χ3v) is 5.76. The number of piperidine rings is 1. The van der Waals surface area contributed by atoms with Crippen LogP contribution in [0.3, 0.4) is 0 Å². The second-order valence-electron chi connectivity index (χ2n) is 7.26. The summed E-state index contributed by atoms with van der Waals surface area (Å²) in [5, 5.41) is 19.0. The molecule has 0 bridgehead atoms. The number of piperazine rings is 1. The van der Waals surface area contributed by atoms with E-state index in [0.717, 1.165) is 13.1 Å². The second kappa shape index (κ2) is 7.59. The molecule has 2 aliphatic heterocycles. The standard InChI is InChI=1S/C19H24N6O3/c26-18(19(6-9-20-10-7-19)24-11-3-8-21-24)23-14-12-22(13-15-23)16-4-1-2-5-17(16)25(27)28/h1-5,8,11,20H,6-7,9-10,12-15H2. The molecule has 0 radical (unpaired) electrons. The molecule has 2 fully saturated rings. The van der Waals surface area contributed by atoms with Gasteiger partial charge in [-0.25, -0.2) is 0 Å². The Labute approximate surface area is 163 Å². The van der Waals surface area contributed by atoms with Gasteiger partial charge in [0.25, 0.3) is 11.6 Å². The van der Waals surface area contributed by atoms with Crippen LogP contribution in [0.15, 0.2) is 42.7 Å². The van der Waals surface area contributed by atoms with E-state index >= 15 is 0 Å². The number of rotatable bonds is 4. The van der Waals surface area contributed by atoms with Gasteiger partial charge in [0.2, 0.25) is 0 Å². The van der Waals surface area contributed by atoms with E-state index < -0.39 is 5.54 Å². The molecule has 0 aliphatic carbocycles. The Bertz CT molecular complexity index is 839. The number of hydrogen-bond donors (Lipinski definition) is 1. The number of nitrogens with one attached hydrogen (secondary N) is 1. The summed E-state index contributed by atoms with van der Waals surface area (Å²) in [7, 11) is 0. The van der Waals surface area contributed by atoms with Crippen LogP contribution in [-0.4, -0.2) is 64.8 Å². The summed E-state index contributed by atoms with van der Waals surface area (Å²) in [6, 6.07) is 8.62. The lowest BCUT2D eigenvalue weighted by molar-refractivity contribution is -0.384. The van der Waals surface area contributed by atoms with Crippen LogP contribution in [0.4, 0.5) is 11.4 Å². The van der Waals surface area contributed by atoms with Gasteiger partial charge >= 0.3 is 0 Å². The van der Waals surface area contributed by atoms with E-state index in [4.69, 9.17) is 0 Å². The summed E-state index contributed by atoms with van der Waals surface area (Å²) in [5.41, 5.74) is 0.0762. The van der Waals surface area contributed by atoms with Crippen molar-refractivity contribution in [2.24, 2.45) is 0 Å². The minimum atomic E-state index is -0.643. The number of aromatic nitrogens is 2. The normalized spacial score (nSPS) is 19.4. The van der Waals surface area contributed by atoms with Crippen molar-refractivity contribution in [2.75, 3.05) is 44.2 Å². The topological polar surface area (TPSA) is 96.5 Å². The molecular weight excluding hydrogens is 360 g/mol. The predicted octanol–water partition coefficient (Wildman–Crippen LogP) is 1.22. The lowest BCUT2D eigenvalue weighted by Crippen LogP contribution is -2.59. The van der Waals surface area contributed by atoms with Gasteiger partial charge in [-0.15, -0.1) is 0 Å². The van der Waals surface area contributed by atoms with E-state index in [1.54, 1.807) is 18.3 Å². The Balaban J connectivity index is 1.50. The summed E-state index contributed by atoms with van der Waals surface area (Å²) in [5.74, 6) is 0.0971. The first kappa shape index (κ1) is 18.4. The third kappa shape index (κ3) is 3.22. The first-order valence-electron chi connectivity index (χ1n) is 9.60. The summed E-state index contributed by atoms with van der Waals surface area (Å²) in [4.78, 5) is 28.3. The SMILES string of the molecule is O=C(N1CCN(c2ccccc2[N+](=O)[O-])CC1)C1(n2cccn2)CCNCC1. The summed E-state index contributed by atoms with van der Waals surface area (Å²) < 4.78 is 1.81. The molecule has 0 unspecified atom stereocenters. The van der Waals surface area contributed by atoms with Crippen LogP contribution in [0.1, 0.15) is 12.8 Å². The lowest BCUT2D eigenvalue weighted by atomic mass is 9.86. The molecule has 1 N–H and O–H groups in total. The number of anilines is 1. The number of amides is 1. The van der Waals surface area contributed by atoms with Gasteiger partial charge < -0.3 is 15.1 Å². The highest BCUT2D eigenvalue weighted by Crippen LogP contribution is 2.32. The van der Waals surface area contributed by atoms with Gasteiger partial charge in [0.15, 0.2) is 0 Å². The molecule has 0 spiro atoms. The van der Waals surface area contributed by atoms with E-state index in [9.17, 15) is 14.9 Å². The van der Waals surface area contributed by atoms with Gasteiger partial charge in [-0.05, 0) is 38.1 Å². The summed E-state index contributed by atoms with van der Waals surface area (Å²) in [6.45, 7) is 3.79. The van der Waals surface area contributed by atoms with Gasteiger partial charge in [-0.1, -0.05) is 12.1 Å². The van der Waals surface area contributed by atoms with Crippen molar-refractivity contribution in [3.8, 4) is 0 Å². The average Bonchev–Trinajstić information content (AvgIpc) is 3.29. The fourth-order valence-electron chi connectivity index (χ4n) is 4.23. The molecule has 28 heavy (non-hydrogen) atoms. The minimum Gasteiger partial charge on any atom is -0.362 e. The number of carbonyl (C=O) groups excluding carboxylic acids is 1. The molecule has 4 rings (SSSR count). The van der Waals surface area contributed by atoms with Gasteiger partial charge in [-0.2, -0.15) is 5.10 Å². The molecule has 2 aliphatic rings. The Morgan fingerprint density at radius 1 is 1.11 bits per heavy atom. The first-order chi connectivity index (χ1) is 13.6. The zero-order valence-electron chi connectivity index (χ0n) is 15.7. The molecule has 9 heteroatoms. The van der Waals surface area contributed by atoms with Crippen LogP contribution in [0.5, 0.6) is 0 Å². The number of para-hydroxylation sites is 2. The van der Waals surface area contributed by atoms with Crippen molar-refractivity contribution < 1.29 is 9.72 Å². The molecule has 2 aromatic rings. The fourth-order valence-corrected chi connectivity index (χ4v) is 4.23. The molecule has 2 saturated heterocycles. The van der Waals surface area contributed by atoms with Crippen LogP contribution in [0, 0.1) is 10.1 Å². The predicted molar refractivity (Wildman–Crippen MR) is 104 cm³/mol. The molecule has 1 aromatic heterocycles. The number of hydrogen-bond acceptors (Lipinski definition) is 6. The maximum absolute atomic E-state index is 13.5. The number of nitro groups is 1. The number of nitro benzene ring substituents is 1. The fraction of sp³-hybridized carbons (Fsp3) is 0.474. The smallest absolute Gasteiger partial charge is 0.292 e. The molecule has 9 nitrogen and oxygen atoms in total. The van der Waals surface area contributed by atoms with E-state index in [2.05, 4.69) is 10.4 Å². The highest BCUT2D eigenvalue weighted by molar-refractivity contribution is 5.85. The van der Waals surface area contributed by atoms with Crippen LogP contribution in [0.25, 0.3) is 0 Å². The third-order valence-electron chi connectivity index (χ3n) is 5.76. The maximum atomic E-state index is 13.5. The van der Waals surface area contributed by atoms with Crippen LogP contribution in [-0.2, 0) is 10.3 Å². The van der Waals surface area contributed by atoms with E-state index in [-0.39, 0.29) is 16.5 Å². The van der Waals surface area contributed by atoms with E-state index in [1.807, 2.05) is 32.8 Å². The highest BCUT2D eigenvalue weighted by atomic mass is 16.6. The summed E-state index contributed by atoms with van der Waals surface area (Å²) in [6.07, 6.45) is 4.99. The highest BCUT2D eigenvalue weighted by Gasteiger charge is 2.45. The second-order valence-corrected chi connectivity index (χ2v) is 7.26. The van der Waals surface area contributed by atoms with E-state index in [1.165, 1.54) is 6.07 Å². The zero-order valence-corrected chi connectivity index (χ0v) is 15.7. The van der Waals surface area contributed by atoms with Crippen molar-refractivity contribution in [3.05, 3.63) is 52.8 Å². The van der Waals surface area contributed by atoms with Gasteiger partial charge in [0, 0.05) is 44.6 Å². The van der Waals surface area contributed by atoms with Crippen molar-refractivity contribution >= 4 is 17.3 Å². The number of benzene rings is 1. The quantitative estimate of drug-likeness (QED) is 0.629. The molecule has 1 amide bonds. The number of nitrogens with zero attached hydrogens (tertiary/aromatic N) is 5. The van der Waals surface area contributed by atoms with Crippen molar-refractivity contribution in [3.63, 3.8) is 0 Å². The van der Waals surface area contributed by atoms with Crippen LogP contribution < -0.4 is 10.2 Å². The van der Waals surface area contributed by atoms with Crippen LogP contribution >= 0.6 is 0 Å². The van der Waals surface area contributed by atoms with Crippen molar-refractivity contribution in [1.82, 2.24) is 20.0 Å². The van der Waals surface area contributed by atoms with Gasteiger partial charge in [0.05, 0.1) is 4.92 Å². The van der Waals surface area contributed by atoms with Gasteiger partial charge in [-0.3, -0.25) is 19.6 Å². The number of carbonyl (C=O) groups is 1. The minimum absolute atomic E-state index is 0.0971. The Morgan fingerprint density at radius 2 is 1.82 bits per heavy atom. The Morgan fingerprint density at radius 3 is 2.46 bits per heavy atom. The van der Waals surface area contributed by atoms with Gasteiger partial charge in [0.1, 0.15) is 11.2 Å². The average molecular weight is 384 g/mol. The Hall–Kier alpha value is -2.94. The lowest BCUT2D eigenvalue weighted by Gasteiger charge is -2.43. The van der Waals surface area contributed by atoms with Crippen molar-refractivity contribution in [2.45, 2.75) is 18.4 Å². The summed E-state index contributed by atoms with van der Waals surface area (Å²) >= 11 is 0. The van der Waals surface area contributed by atoms with E-state index in [0.29, 0.717) is 44.7 Å². The first-order valence-corrected chi connectivity index (χ1v) is 9.60. The molecule has 0 atom stereocenters. The largest absolute Gasteiger partial charge is 0.362 e. The molecular formula is C19H24N6O3. The zero-order chi connectivity index (χ0) is 19.6. The van der Waals surface area contributed by atoms with Crippen LogP contribution in [0.2, 0.25) is 0 Å². The van der Waals surface area contributed by atoms with Crippen molar-refractivity contribution in [1.29, 1.82) is 0 Å². The Kier molecular flexibility index (Phi) is 4.99. The monoisotopic (exact) mass is 384 g/mol. The molecule has 0 saturated carbocycles. The maximum Gasteiger partial charge on any atom is 0.292 e.